The van der Waals surface area contributed by atoms with Crippen LogP contribution in [-0.2, 0) is 0 Å². The molecule has 18 heavy (non-hydrogen) atoms. The third kappa shape index (κ3) is 0.623. The lowest BCUT2D eigenvalue weighted by molar-refractivity contribution is -0.394. The molecular weight excluding hydrogens is 216 g/mol. The predicted octanol–water partition coefficient (Wildman–Crippen LogP) is 4.64. The van der Waals surface area contributed by atoms with E-state index in [1.165, 1.54) is 23.7 Å². The molecule has 3 spiro atoms. The van der Waals surface area contributed by atoms with Gasteiger partial charge in [-0.2, -0.15) is 0 Å². The molecule has 0 amide bonds. The van der Waals surface area contributed by atoms with Gasteiger partial charge in [0.2, 0.25) is 0 Å². The Morgan fingerprint density at radius 2 is 1.33 bits per heavy atom. The Morgan fingerprint density at radius 3 is 1.61 bits per heavy atom. The van der Waals surface area contributed by atoms with Gasteiger partial charge in [-0.15, -0.1) is 0 Å². The lowest BCUT2D eigenvalue weighted by Crippen LogP contribution is -2.81. The van der Waals surface area contributed by atoms with E-state index in [1.54, 1.807) is 57.8 Å². The van der Waals surface area contributed by atoms with Gasteiger partial charge in [-0.25, -0.2) is 0 Å². The zero-order valence-corrected chi connectivity index (χ0v) is 11.8. The van der Waals surface area contributed by atoms with Crippen LogP contribution < -0.4 is 0 Å². The van der Waals surface area contributed by atoms with Crippen molar-refractivity contribution in [2.75, 3.05) is 0 Å². The van der Waals surface area contributed by atoms with Gasteiger partial charge >= 0.3 is 0 Å². The molecule has 0 radical (unpaired) electrons. The van der Waals surface area contributed by atoms with Crippen LogP contribution in [0.25, 0.3) is 0 Å². The summed E-state index contributed by atoms with van der Waals surface area (Å²) >= 11 is 0. The molecule has 0 nitrogen and oxygen atoms in total. The normalized spacial score (nSPS) is 68.8. The van der Waals surface area contributed by atoms with Crippen LogP contribution in [0.15, 0.2) is 0 Å². The largest absolute Gasteiger partial charge is 0.0614 e. The van der Waals surface area contributed by atoms with E-state index < -0.39 is 0 Å². The van der Waals surface area contributed by atoms with Crippen LogP contribution in [0.3, 0.4) is 0 Å². The van der Waals surface area contributed by atoms with E-state index in [9.17, 15) is 0 Å². The van der Waals surface area contributed by atoms with Crippen molar-refractivity contribution in [1.29, 1.82) is 0 Å². The molecule has 6 unspecified atom stereocenters. The van der Waals surface area contributed by atoms with Crippen LogP contribution >= 0.6 is 0 Å². The van der Waals surface area contributed by atoms with Crippen molar-refractivity contribution in [1.82, 2.24) is 0 Å². The molecule has 0 heterocycles. The minimum atomic E-state index is 0.899. The second kappa shape index (κ2) is 2.47. The molecule has 0 heteroatoms. The fraction of sp³-hybridized carbons (Fsp3) is 1.00. The lowest BCUT2D eigenvalue weighted by Gasteiger charge is -2.88. The minimum Gasteiger partial charge on any atom is -0.0614 e. The second-order valence-electron chi connectivity index (χ2n) is 9.08. The Kier molecular flexibility index (Phi) is 1.35. The molecule has 6 fully saturated rings. The zero-order chi connectivity index (χ0) is 11.8. The third-order valence-electron chi connectivity index (χ3n) is 9.99. The third-order valence-corrected chi connectivity index (χ3v) is 9.99. The fourth-order valence-corrected chi connectivity index (χ4v) is 8.95. The van der Waals surface area contributed by atoms with E-state index in [0.717, 1.165) is 22.2 Å². The lowest BCUT2D eigenvalue weighted by atomic mass is 9.17. The van der Waals surface area contributed by atoms with E-state index in [0.29, 0.717) is 0 Å². The number of hydrogen-bond acceptors (Lipinski definition) is 0. The Labute approximate surface area is 111 Å². The predicted molar refractivity (Wildman–Crippen MR) is 72.0 cm³/mol. The van der Waals surface area contributed by atoms with E-state index in [2.05, 4.69) is 6.92 Å². The SMILES string of the molecule is CC1C23CCC2CC3C2(CCC2)C2CC3CCC321. The van der Waals surface area contributed by atoms with Crippen molar-refractivity contribution in [3.05, 3.63) is 0 Å². The van der Waals surface area contributed by atoms with E-state index in [1.807, 2.05) is 0 Å². The summed E-state index contributed by atoms with van der Waals surface area (Å²) in [6.07, 6.45) is 14.6. The Balaban J connectivity index is 1.53. The molecule has 6 aliphatic carbocycles. The van der Waals surface area contributed by atoms with Gasteiger partial charge < -0.3 is 0 Å². The van der Waals surface area contributed by atoms with Crippen LogP contribution in [0.4, 0.5) is 0 Å². The van der Waals surface area contributed by atoms with E-state index in [4.69, 9.17) is 0 Å². The topological polar surface area (TPSA) is 0 Å². The summed E-state index contributed by atoms with van der Waals surface area (Å²) in [5, 5.41) is 0. The summed E-state index contributed by atoms with van der Waals surface area (Å²) in [5.74, 6) is 5.89. The van der Waals surface area contributed by atoms with Gasteiger partial charge in [-0.3, -0.25) is 0 Å². The molecule has 6 rings (SSSR count). The summed E-state index contributed by atoms with van der Waals surface area (Å²) in [6, 6.07) is 0. The van der Waals surface area contributed by atoms with Crippen molar-refractivity contribution >= 4 is 0 Å². The first-order chi connectivity index (χ1) is 8.75. The smallest absolute Gasteiger partial charge is 0.0204 e. The number of fused-ring (bicyclic) bond motifs is 2. The van der Waals surface area contributed by atoms with Gasteiger partial charge in [0, 0.05) is 0 Å². The summed E-state index contributed by atoms with van der Waals surface area (Å²) in [5.41, 5.74) is 2.70. The highest BCUT2D eigenvalue weighted by Gasteiger charge is 2.83. The Morgan fingerprint density at radius 1 is 0.778 bits per heavy atom. The highest BCUT2D eigenvalue weighted by atomic mass is 14.9. The molecule has 0 bridgehead atoms. The molecule has 6 saturated carbocycles. The maximum Gasteiger partial charge on any atom is -0.0204 e. The first-order valence-electron chi connectivity index (χ1n) is 8.75. The van der Waals surface area contributed by atoms with Gasteiger partial charge in [0.05, 0.1) is 0 Å². The molecular formula is C18H26. The molecule has 98 valence electrons. The molecule has 6 aliphatic rings. The first-order valence-corrected chi connectivity index (χ1v) is 8.75. The highest BCUT2D eigenvalue weighted by molar-refractivity contribution is 5.31. The highest BCUT2D eigenvalue weighted by Crippen LogP contribution is 2.90. The Hall–Kier alpha value is 0. The van der Waals surface area contributed by atoms with Gasteiger partial charge in [-0.1, -0.05) is 13.3 Å². The van der Waals surface area contributed by atoms with Crippen LogP contribution in [0.5, 0.6) is 0 Å². The van der Waals surface area contributed by atoms with Crippen molar-refractivity contribution in [3.63, 3.8) is 0 Å². The number of hydrogen-bond donors (Lipinski definition) is 0. The van der Waals surface area contributed by atoms with Gasteiger partial charge in [-0.05, 0) is 97.2 Å². The first kappa shape index (κ1) is 9.83. The Bertz CT molecular complexity index is 385. The van der Waals surface area contributed by atoms with Crippen LogP contribution in [-0.4, -0.2) is 0 Å². The maximum atomic E-state index is 2.71. The van der Waals surface area contributed by atoms with Crippen molar-refractivity contribution in [2.24, 2.45) is 45.8 Å². The molecule has 0 N–H and O–H groups in total. The van der Waals surface area contributed by atoms with Gasteiger partial charge in [0.1, 0.15) is 0 Å². The van der Waals surface area contributed by atoms with E-state index in [-0.39, 0.29) is 0 Å². The maximum absolute atomic E-state index is 2.71. The van der Waals surface area contributed by atoms with Crippen LogP contribution in [0.2, 0.25) is 0 Å². The standard InChI is InChI=1S/C18H26/c1-11-17-7-3-12(17)9-14(17)16(5-2-6-16)15-10-13-4-8-18(11,13)15/h11-15H,2-10H2,1H3. The van der Waals surface area contributed by atoms with Gasteiger partial charge in [0.25, 0.3) is 0 Å². The van der Waals surface area contributed by atoms with Crippen molar-refractivity contribution in [2.45, 2.75) is 64.7 Å². The molecule has 0 saturated heterocycles. The summed E-state index contributed by atoms with van der Waals surface area (Å²) in [6.45, 7) is 2.71. The molecule has 0 aromatic heterocycles. The monoisotopic (exact) mass is 242 g/mol. The average Bonchev–Trinajstić information content (AvgIpc) is 2.28. The molecule has 0 aliphatic heterocycles. The quantitative estimate of drug-likeness (QED) is 0.580. The average molecular weight is 242 g/mol. The van der Waals surface area contributed by atoms with Crippen molar-refractivity contribution in [3.8, 4) is 0 Å². The summed E-state index contributed by atoms with van der Waals surface area (Å²) in [4.78, 5) is 0. The van der Waals surface area contributed by atoms with Crippen molar-refractivity contribution < 1.29 is 0 Å². The minimum absolute atomic E-state index is 0.899. The van der Waals surface area contributed by atoms with Crippen LogP contribution in [0, 0.1) is 45.8 Å². The molecule has 0 aromatic rings. The molecule has 6 atom stereocenters. The zero-order valence-electron chi connectivity index (χ0n) is 11.8. The van der Waals surface area contributed by atoms with E-state index >= 15 is 0 Å². The fourth-order valence-electron chi connectivity index (χ4n) is 8.95. The second-order valence-corrected chi connectivity index (χ2v) is 9.08. The summed E-state index contributed by atoms with van der Waals surface area (Å²) in [7, 11) is 0. The number of rotatable bonds is 0. The molecule has 0 aromatic carbocycles. The van der Waals surface area contributed by atoms with Gasteiger partial charge in [0.15, 0.2) is 0 Å². The van der Waals surface area contributed by atoms with Crippen LogP contribution in [0.1, 0.15) is 64.7 Å². The summed E-state index contributed by atoms with van der Waals surface area (Å²) < 4.78 is 0.